The van der Waals surface area contributed by atoms with Crippen LogP contribution in [0.25, 0.3) is 0 Å². The molecule has 3 N–H and O–H groups in total. The van der Waals surface area contributed by atoms with Crippen molar-refractivity contribution in [2.24, 2.45) is 11.8 Å². The summed E-state index contributed by atoms with van der Waals surface area (Å²) in [5, 5.41) is 2.72. The predicted octanol–water partition coefficient (Wildman–Crippen LogP) is 4.09. The number of anilines is 2. The van der Waals surface area contributed by atoms with Gasteiger partial charge in [-0.15, -0.1) is 0 Å². The van der Waals surface area contributed by atoms with Crippen LogP contribution in [0.4, 0.5) is 20.8 Å². The fourth-order valence-electron chi connectivity index (χ4n) is 4.90. The van der Waals surface area contributed by atoms with Gasteiger partial charge in [0.05, 0.1) is 5.92 Å². The van der Waals surface area contributed by atoms with E-state index in [-0.39, 0.29) is 30.7 Å². The molecule has 2 aromatic rings. The predicted molar refractivity (Wildman–Crippen MR) is 135 cm³/mol. The maximum absolute atomic E-state index is 15.1. The highest BCUT2D eigenvalue weighted by atomic mass is 19.1. The van der Waals surface area contributed by atoms with E-state index >= 15 is 4.39 Å². The van der Waals surface area contributed by atoms with Gasteiger partial charge in [0.1, 0.15) is 12.4 Å². The van der Waals surface area contributed by atoms with E-state index in [9.17, 15) is 9.59 Å². The van der Waals surface area contributed by atoms with E-state index in [4.69, 9.17) is 4.74 Å². The van der Waals surface area contributed by atoms with E-state index in [1.54, 1.807) is 6.92 Å². The van der Waals surface area contributed by atoms with Gasteiger partial charge in [0.2, 0.25) is 11.7 Å². The molecule has 9 nitrogen and oxygen atoms in total. The van der Waals surface area contributed by atoms with Crippen LogP contribution in [0.15, 0.2) is 30.3 Å². The minimum atomic E-state index is -0.585. The molecule has 1 aromatic heterocycles. The summed E-state index contributed by atoms with van der Waals surface area (Å²) in [6.07, 6.45) is 6.46. The molecule has 1 atom stereocenters. The summed E-state index contributed by atoms with van der Waals surface area (Å²) in [7, 11) is 0. The summed E-state index contributed by atoms with van der Waals surface area (Å²) in [6, 6.07) is 9.39. The van der Waals surface area contributed by atoms with Gasteiger partial charge in [-0.2, -0.15) is 4.39 Å². The van der Waals surface area contributed by atoms with Gasteiger partial charge < -0.3 is 15.0 Å². The third kappa shape index (κ3) is 7.05. The highest BCUT2D eigenvalue weighted by Gasteiger charge is 2.27. The van der Waals surface area contributed by atoms with Gasteiger partial charge in [0.15, 0.2) is 11.6 Å². The van der Waals surface area contributed by atoms with E-state index in [2.05, 4.69) is 26.1 Å². The fourth-order valence-corrected chi connectivity index (χ4v) is 4.90. The number of halogens is 1. The normalized spacial score (nSPS) is 16.6. The molecule has 0 unspecified atom stereocenters. The molecule has 10 heteroatoms. The first-order valence-electron chi connectivity index (χ1n) is 12.8. The molecule has 1 aliphatic carbocycles. The number of carbonyl (C=O) groups excluding carboxylic acids is 2. The van der Waals surface area contributed by atoms with Gasteiger partial charge in [-0.1, -0.05) is 56.0 Å². The molecule has 2 amide bonds. The summed E-state index contributed by atoms with van der Waals surface area (Å²) >= 11 is 0. The lowest BCUT2D eigenvalue weighted by Crippen LogP contribution is -2.42. The first-order chi connectivity index (χ1) is 17.5. The Hall–Kier alpha value is -3.43. The van der Waals surface area contributed by atoms with Crippen LogP contribution in [-0.4, -0.2) is 41.6 Å². The van der Waals surface area contributed by atoms with Crippen LogP contribution in [0.1, 0.15) is 56.3 Å². The smallest absolute Gasteiger partial charge is 0.407 e. The number of nitrogens with zero attached hydrogens (tertiary/aromatic N) is 3. The number of rotatable bonds is 10. The Kier molecular flexibility index (Phi) is 8.91. The van der Waals surface area contributed by atoms with Crippen LogP contribution in [0, 0.1) is 24.6 Å². The minimum Gasteiger partial charge on any atom is -0.445 e. The molecule has 0 radical (unpaired) electrons. The summed E-state index contributed by atoms with van der Waals surface area (Å²) < 4.78 is 20.4. The second-order valence-electron chi connectivity index (χ2n) is 9.59. The van der Waals surface area contributed by atoms with Gasteiger partial charge in [-0.05, 0) is 37.7 Å². The Balaban J connectivity index is 1.35. The third-order valence-electron chi connectivity index (χ3n) is 6.82. The third-order valence-corrected chi connectivity index (χ3v) is 6.82. The fraction of sp³-hybridized carbons (Fsp3) is 0.538. The van der Waals surface area contributed by atoms with E-state index in [0.717, 1.165) is 57.2 Å². The van der Waals surface area contributed by atoms with Gasteiger partial charge in [-0.25, -0.2) is 14.8 Å². The number of alkyl carbamates (subject to hydrolysis) is 1. The number of benzene rings is 1. The summed E-state index contributed by atoms with van der Waals surface area (Å²) in [5.41, 5.74) is 6.15. The van der Waals surface area contributed by atoms with Gasteiger partial charge >= 0.3 is 6.09 Å². The molecule has 194 valence electrons. The summed E-state index contributed by atoms with van der Waals surface area (Å²) in [5.74, 6) is -0.381. The lowest BCUT2D eigenvalue weighted by atomic mass is 9.92. The average molecular weight is 499 g/mol. The summed E-state index contributed by atoms with van der Waals surface area (Å²) in [6.45, 7) is 3.46. The molecule has 4 rings (SSSR count). The van der Waals surface area contributed by atoms with Gasteiger partial charge in [-0.3, -0.25) is 15.6 Å². The van der Waals surface area contributed by atoms with E-state index in [1.807, 2.05) is 35.2 Å². The van der Waals surface area contributed by atoms with Crippen LogP contribution in [0.2, 0.25) is 0 Å². The number of hydrazine groups is 1. The van der Waals surface area contributed by atoms with E-state index in [0.29, 0.717) is 18.2 Å². The number of nitrogens with one attached hydrogen (secondary N) is 3. The number of amides is 2. The molecule has 1 saturated carbocycles. The van der Waals surface area contributed by atoms with Crippen molar-refractivity contribution in [1.29, 1.82) is 0 Å². The standard InChI is InChI=1S/C26H35FN6O3/c1-18-29-23(22(27)24(30-18)33-13-7-8-14-33)31-32-25(34)21(15-19-9-5-6-10-19)16-28-26(35)36-17-20-11-3-2-4-12-20/h2-4,11-12,19,21H,5-10,13-17H2,1H3,(H,28,35)(H,32,34)(H,29,30,31)/t21-/m1/s1. The lowest BCUT2D eigenvalue weighted by Gasteiger charge is -2.22. The Labute approximate surface area is 211 Å². The molecule has 2 fully saturated rings. The lowest BCUT2D eigenvalue weighted by molar-refractivity contribution is -0.124. The maximum Gasteiger partial charge on any atom is 0.407 e. The number of ether oxygens (including phenoxy) is 1. The number of hydrogen-bond acceptors (Lipinski definition) is 7. The van der Waals surface area contributed by atoms with Crippen molar-refractivity contribution in [3.8, 4) is 0 Å². The topological polar surface area (TPSA) is 108 Å². The Morgan fingerprint density at radius 1 is 1.11 bits per heavy atom. The number of aromatic nitrogens is 2. The maximum atomic E-state index is 15.1. The molecule has 2 aliphatic rings. The SMILES string of the molecule is Cc1nc(NNC(=O)[C@@H](CNC(=O)OCc2ccccc2)CC2CCCC2)c(F)c(N2CCCC2)n1. The van der Waals surface area contributed by atoms with Crippen LogP contribution in [-0.2, 0) is 16.1 Å². The second-order valence-corrected chi connectivity index (χ2v) is 9.59. The van der Waals surface area contributed by atoms with Crippen LogP contribution in [0.3, 0.4) is 0 Å². The van der Waals surface area contributed by atoms with Crippen molar-refractivity contribution in [3.63, 3.8) is 0 Å². The molecular formula is C26H35FN6O3. The van der Waals surface area contributed by atoms with Crippen LogP contribution in [0.5, 0.6) is 0 Å². The van der Waals surface area contributed by atoms with Crippen molar-refractivity contribution < 1.29 is 18.7 Å². The molecular weight excluding hydrogens is 463 g/mol. The number of carbonyl (C=O) groups is 2. The molecule has 36 heavy (non-hydrogen) atoms. The van der Waals surface area contributed by atoms with Crippen molar-refractivity contribution in [1.82, 2.24) is 20.7 Å². The molecule has 1 aromatic carbocycles. The highest BCUT2D eigenvalue weighted by Crippen LogP contribution is 2.30. The van der Waals surface area contributed by atoms with Crippen molar-refractivity contribution >= 4 is 23.6 Å². The Morgan fingerprint density at radius 2 is 1.83 bits per heavy atom. The highest BCUT2D eigenvalue weighted by molar-refractivity contribution is 5.80. The quantitative estimate of drug-likeness (QED) is 0.424. The van der Waals surface area contributed by atoms with E-state index < -0.39 is 17.8 Å². The first-order valence-corrected chi connectivity index (χ1v) is 12.8. The average Bonchev–Trinajstić information content (AvgIpc) is 3.60. The van der Waals surface area contributed by atoms with Gasteiger partial charge in [0, 0.05) is 19.6 Å². The molecule has 1 aliphatic heterocycles. The zero-order valence-corrected chi connectivity index (χ0v) is 20.8. The summed E-state index contributed by atoms with van der Waals surface area (Å²) in [4.78, 5) is 35.6. The Bertz CT molecular complexity index is 1030. The number of hydrogen-bond donors (Lipinski definition) is 3. The molecule has 0 spiro atoms. The van der Waals surface area contributed by atoms with Gasteiger partial charge in [0.25, 0.3) is 0 Å². The van der Waals surface area contributed by atoms with Crippen molar-refractivity contribution in [3.05, 3.63) is 47.5 Å². The van der Waals surface area contributed by atoms with Crippen molar-refractivity contribution in [2.75, 3.05) is 30.0 Å². The Morgan fingerprint density at radius 3 is 2.56 bits per heavy atom. The first kappa shape index (κ1) is 25.7. The molecule has 0 bridgehead atoms. The van der Waals surface area contributed by atoms with Crippen LogP contribution >= 0.6 is 0 Å². The van der Waals surface area contributed by atoms with Crippen LogP contribution < -0.4 is 21.1 Å². The largest absolute Gasteiger partial charge is 0.445 e. The minimum absolute atomic E-state index is 0.0624. The number of aryl methyl sites for hydroxylation is 1. The second kappa shape index (κ2) is 12.5. The zero-order valence-electron chi connectivity index (χ0n) is 20.8. The monoisotopic (exact) mass is 498 g/mol. The molecule has 1 saturated heterocycles. The molecule has 2 heterocycles. The zero-order chi connectivity index (χ0) is 25.3. The van der Waals surface area contributed by atoms with E-state index in [1.165, 1.54) is 0 Å². The van der Waals surface area contributed by atoms with Crippen molar-refractivity contribution in [2.45, 2.75) is 58.5 Å².